The van der Waals surface area contributed by atoms with Gasteiger partial charge in [-0.15, -0.1) is 0 Å². The molecule has 0 amide bonds. The van der Waals surface area contributed by atoms with Crippen molar-refractivity contribution in [3.05, 3.63) is 34.9 Å². The molecule has 92 valence electrons. The molecule has 2 rings (SSSR count). The Morgan fingerprint density at radius 1 is 1.29 bits per heavy atom. The van der Waals surface area contributed by atoms with Gasteiger partial charge in [-0.2, -0.15) is 10.2 Å². The van der Waals surface area contributed by atoms with Crippen LogP contribution in [0, 0.1) is 6.92 Å². The van der Waals surface area contributed by atoms with Gasteiger partial charge in [0.15, 0.2) is 5.84 Å². The van der Waals surface area contributed by atoms with Crippen LogP contribution in [0.5, 0.6) is 0 Å². The van der Waals surface area contributed by atoms with Gasteiger partial charge in [-0.05, 0) is 24.1 Å². The molecule has 5 nitrogen and oxygen atoms in total. The summed E-state index contributed by atoms with van der Waals surface area (Å²) < 4.78 is 0. The van der Waals surface area contributed by atoms with Crippen LogP contribution in [0.1, 0.15) is 30.5 Å². The minimum absolute atomic E-state index is 0.558. The van der Waals surface area contributed by atoms with Gasteiger partial charge in [0.25, 0.3) is 0 Å². The van der Waals surface area contributed by atoms with Crippen molar-refractivity contribution in [1.82, 2.24) is 10.9 Å². The second-order valence-electron chi connectivity index (χ2n) is 3.30. The zero-order chi connectivity index (χ0) is 12.7. The fraction of sp³-hybridized carbons (Fsp3) is 0.333. The van der Waals surface area contributed by atoms with E-state index in [-0.39, 0.29) is 0 Å². The Labute approximate surface area is 102 Å². The average Bonchev–Trinajstić information content (AvgIpc) is 2.42. The van der Waals surface area contributed by atoms with Crippen LogP contribution < -0.4 is 16.6 Å². The molecule has 5 heteroatoms. The quantitative estimate of drug-likeness (QED) is 0.720. The molecule has 0 saturated heterocycles. The summed E-state index contributed by atoms with van der Waals surface area (Å²) >= 11 is 0. The monoisotopic (exact) mass is 233 g/mol. The van der Waals surface area contributed by atoms with Gasteiger partial charge >= 0.3 is 0 Å². The van der Waals surface area contributed by atoms with E-state index in [1.165, 1.54) is 6.34 Å². The largest absolute Gasteiger partial charge is 0.326 e. The second-order valence-corrected chi connectivity index (χ2v) is 3.30. The third kappa shape index (κ3) is 3.29. The highest BCUT2D eigenvalue weighted by Gasteiger charge is 2.06. The van der Waals surface area contributed by atoms with E-state index in [2.05, 4.69) is 21.1 Å². The van der Waals surface area contributed by atoms with Crippen LogP contribution in [0.25, 0.3) is 0 Å². The minimum atomic E-state index is 0.558. The van der Waals surface area contributed by atoms with E-state index in [9.17, 15) is 0 Å². The molecule has 17 heavy (non-hydrogen) atoms. The molecule has 1 heterocycles. The first kappa shape index (κ1) is 13.2. The molecule has 1 aliphatic heterocycles. The van der Waals surface area contributed by atoms with Crippen molar-refractivity contribution in [1.29, 1.82) is 0 Å². The van der Waals surface area contributed by atoms with Gasteiger partial charge in [0.1, 0.15) is 6.34 Å². The topological polar surface area (TPSA) is 74.8 Å². The Morgan fingerprint density at radius 2 is 2.06 bits per heavy atom. The van der Waals surface area contributed by atoms with Gasteiger partial charge < -0.3 is 5.73 Å². The Balaban J connectivity index is 0.000000686. The van der Waals surface area contributed by atoms with Crippen molar-refractivity contribution < 1.29 is 0 Å². The number of benzene rings is 1. The molecule has 4 N–H and O–H groups in total. The maximum absolute atomic E-state index is 5.60. The van der Waals surface area contributed by atoms with Crippen LogP contribution in [0.15, 0.2) is 28.4 Å². The van der Waals surface area contributed by atoms with Crippen LogP contribution in [-0.4, -0.2) is 12.2 Å². The van der Waals surface area contributed by atoms with Gasteiger partial charge in [-0.3, -0.25) is 10.9 Å². The smallest absolute Gasteiger partial charge is 0.173 e. The fourth-order valence-electron chi connectivity index (χ4n) is 1.44. The first-order chi connectivity index (χ1) is 8.31. The van der Waals surface area contributed by atoms with Gasteiger partial charge in [-0.1, -0.05) is 26.0 Å². The lowest BCUT2D eigenvalue weighted by Crippen LogP contribution is -2.28. The van der Waals surface area contributed by atoms with Gasteiger partial charge in [0.2, 0.25) is 0 Å². The summed E-state index contributed by atoms with van der Waals surface area (Å²) in [5, 5.41) is 7.94. The van der Waals surface area contributed by atoms with Crippen molar-refractivity contribution in [3.8, 4) is 0 Å². The number of aryl methyl sites for hydroxylation is 1. The van der Waals surface area contributed by atoms with Crippen LogP contribution in [0.3, 0.4) is 0 Å². The summed E-state index contributed by atoms with van der Waals surface area (Å²) in [7, 11) is 0. The van der Waals surface area contributed by atoms with Crippen molar-refractivity contribution in [2.75, 3.05) is 0 Å². The maximum Gasteiger partial charge on any atom is 0.173 e. The molecule has 1 aliphatic rings. The number of nitrogens with one attached hydrogen (secondary N) is 2. The van der Waals surface area contributed by atoms with Crippen LogP contribution >= 0.6 is 0 Å². The SMILES string of the molecule is CC.Cc1cc(C2=NNC=NN2)ccc1CN. The highest BCUT2D eigenvalue weighted by atomic mass is 15.5. The first-order valence-corrected chi connectivity index (χ1v) is 5.72. The summed E-state index contributed by atoms with van der Waals surface area (Å²) in [4.78, 5) is 0. The summed E-state index contributed by atoms with van der Waals surface area (Å²) in [5.41, 5.74) is 14.4. The van der Waals surface area contributed by atoms with Crippen molar-refractivity contribution in [2.24, 2.45) is 15.9 Å². The van der Waals surface area contributed by atoms with Gasteiger partial charge in [0.05, 0.1) is 0 Å². The van der Waals surface area contributed by atoms with Gasteiger partial charge in [0, 0.05) is 12.1 Å². The standard InChI is InChI=1S/C10H13N5.C2H6/c1-7-4-8(2-3-9(7)5-11)10-14-12-6-13-15-10;1-2/h2-4,6H,5,11H2,1H3,(H,12,13)(H,14,15);1-2H3. The van der Waals surface area contributed by atoms with E-state index in [1.807, 2.05) is 39.0 Å². The number of hydrazone groups is 2. The molecule has 0 atom stereocenters. The zero-order valence-electron chi connectivity index (χ0n) is 10.5. The number of hydrogen-bond donors (Lipinski definition) is 3. The number of rotatable bonds is 2. The highest BCUT2D eigenvalue weighted by molar-refractivity contribution is 6.00. The predicted octanol–water partition coefficient (Wildman–Crippen LogP) is 1.28. The van der Waals surface area contributed by atoms with Crippen LogP contribution in [0.2, 0.25) is 0 Å². The third-order valence-corrected chi connectivity index (χ3v) is 2.31. The number of nitrogens with zero attached hydrogens (tertiary/aromatic N) is 2. The summed E-state index contributed by atoms with van der Waals surface area (Å²) in [5.74, 6) is 0.712. The molecule has 0 radical (unpaired) electrons. The molecule has 1 aromatic carbocycles. The lowest BCUT2D eigenvalue weighted by Gasteiger charge is -2.11. The zero-order valence-corrected chi connectivity index (χ0v) is 10.5. The van der Waals surface area contributed by atoms with E-state index in [0.29, 0.717) is 12.4 Å². The first-order valence-electron chi connectivity index (χ1n) is 5.72. The molecule has 0 unspecified atom stereocenters. The molecular formula is C12H19N5. The molecular weight excluding hydrogens is 214 g/mol. The highest BCUT2D eigenvalue weighted by Crippen LogP contribution is 2.11. The van der Waals surface area contributed by atoms with E-state index < -0.39 is 0 Å². The number of nitrogens with two attached hydrogens (primary N) is 1. The number of hydrogen-bond acceptors (Lipinski definition) is 5. The minimum Gasteiger partial charge on any atom is -0.326 e. The van der Waals surface area contributed by atoms with Crippen molar-refractivity contribution in [2.45, 2.75) is 27.3 Å². The molecule has 0 aromatic heterocycles. The van der Waals surface area contributed by atoms with Crippen molar-refractivity contribution in [3.63, 3.8) is 0 Å². The third-order valence-electron chi connectivity index (χ3n) is 2.31. The fourth-order valence-corrected chi connectivity index (χ4v) is 1.44. The molecule has 0 saturated carbocycles. The van der Waals surface area contributed by atoms with E-state index in [4.69, 9.17) is 5.73 Å². The summed E-state index contributed by atoms with van der Waals surface area (Å²) in [6.45, 7) is 6.59. The Bertz CT molecular complexity index is 423. The lowest BCUT2D eigenvalue weighted by molar-refractivity contribution is 0.904. The van der Waals surface area contributed by atoms with Crippen LogP contribution in [0.4, 0.5) is 0 Å². The molecule has 0 aliphatic carbocycles. The second kappa shape index (κ2) is 6.65. The van der Waals surface area contributed by atoms with Crippen molar-refractivity contribution >= 4 is 12.2 Å². The lowest BCUT2D eigenvalue weighted by atomic mass is 10.0. The van der Waals surface area contributed by atoms with E-state index >= 15 is 0 Å². The predicted molar refractivity (Wildman–Crippen MR) is 71.7 cm³/mol. The Hall–Kier alpha value is -1.88. The van der Waals surface area contributed by atoms with Crippen LogP contribution in [-0.2, 0) is 6.54 Å². The molecule has 1 aromatic rings. The number of amidine groups is 1. The van der Waals surface area contributed by atoms with E-state index in [0.717, 1.165) is 16.7 Å². The molecule has 0 bridgehead atoms. The molecule has 0 spiro atoms. The maximum atomic E-state index is 5.60. The van der Waals surface area contributed by atoms with E-state index in [1.54, 1.807) is 0 Å². The average molecular weight is 233 g/mol. The Kier molecular flexibility index (Phi) is 5.16. The van der Waals surface area contributed by atoms with Gasteiger partial charge in [-0.25, -0.2) is 0 Å². The summed E-state index contributed by atoms with van der Waals surface area (Å²) in [6.07, 6.45) is 1.49. The normalized spacial score (nSPS) is 12.8. The Morgan fingerprint density at radius 3 is 2.59 bits per heavy atom. The summed E-state index contributed by atoms with van der Waals surface area (Å²) in [6, 6.07) is 6.02. The molecule has 0 fully saturated rings.